The molecule has 2 aromatic heterocycles. The molecule has 148 valence electrons. The first-order valence-electron chi connectivity index (χ1n) is 8.81. The molecule has 0 bridgehead atoms. The summed E-state index contributed by atoms with van der Waals surface area (Å²) >= 11 is 6.31. The Bertz CT molecular complexity index is 1240. The van der Waals surface area contributed by atoms with Gasteiger partial charge < -0.3 is 9.15 Å². The van der Waals surface area contributed by atoms with E-state index in [1.54, 1.807) is 30.1 Å². The van der Waals surface area contributed by atoms with Gasteiger partial charge in [0.2, 0.25) is 5.69 Å². The summed E-state index contributed by atoms with van der Waals surface area (Å²) in [6.45, 7) is 0. The van der Waals surface area contributed by atoms with Crippen LogP contribution in [0.3, 0.4) is 0 Å². The van der Waals surface area contributed by atoms with Crippen molar-refractivity contribution in [1.29, 1.82) is 5.26 Å². The lowest BCUT2D eigenvalue weighted by atomic mass is 10.1. The molecule has 0 saturated carbocycles. The van der Waals surface area contributed by atoms with Gasteiger partial charge in [-0.25, -0.2) is 15.1 Å². The Morgan fingerprint density at radius 3 is 2.83 bits per heavy atom. The molecule has 0 saturated heterocycles. The van der Waals surface area contributed by atoms with E-state index >= 15 is 0 Å². The van der Waals surface area contributed by atoms with Gasteiger partial charge in [0, 0.05) is 17.3 Å². The lowest BCUT2D eigenvalue weighted by molar-refractivity contribution is 0.415. The SMILES string of the molecule is COc1ccc(-c2nn(-c3ccccc3)cc2/C=N\Nc2ocnc2C#N)cc1Cl. The van der Waals surface area contributed by atoms with E-state index in [4.69, 9.17) is 31.1 Å². The monoisotopic (exact) mass is 418 g/mol. The molecule has 2 aromatic carbocycles. The van der Waals surface area contributed by atoms with E-state index in [0.717, 1.165) is 16.8 Å². The first-order chi connectivity index (χ1) is 14.7. The zero-order valence-corrected chi connectivity index (χ0v) is 16.5. The molecule has 0 radical (unpaired) electrons. The Morgan fingerprint density at radius 2 is 2.10 bits per heavy atom. The van der Waals surface area contributed by atoms with Crippen LogP contribution in [0.5, 0.6) is 5.75 Å². The predicted molar refractivity (Wildman–Crippen MR) is 113 cm³/mol. The third-order valence-corrected chi connectivity index (χ3v) is 4.53. The summed E-state index contributed by atoms with van der Waals surface area (Å²) in [5.41, 5.74) is 5.90. The van der Waals surface area contributed by atoms with Crippen LogP contribution >= 0.6 is 11.6 Å². The topological polar surface area (TPSA) is 101 Å². The molecule has 4 rings (SSSR count). The van der Waals surface area contributed by atoms with Gasteiger partial charge in [-0.15, -0.1) is 0 Å². The number of hydrogen-bond donors (Lipinski definition) is 1. The minimum absolute atomic E-state index is 0.120. The lowest BCUT2D eigenvalue weighted by Gasteiger charge is -2.05. The molecule has 9 heteroatoms. The highest BCUT2D eigenvalue weighted by Crippen LogP contribution is 2.31. The highest BCUT2D eigenvalue weighted by Gasteiger charge is 2.13. The normalized spacial score (nSPS) is 10.8. The molecule has 30 heavy (non-hydrogen) atoms. The number of nitriles is 1. The van der Waals surface area contributed by atoms with Crippen molar-refractivity contribution >= 4 is 23.7 Å². The van der Waals surface area contributed by atoms with Crippen molar-refractivity contribution in [3.8, 4) is 28.8 Å². The standard InChI is InChI=1S/C21H15ClN6O2/c1-29-19-8-7-14(9-17(19)22)20-15(11-25-26-21-18(10-23)24-13-30-21)12-28(27-20)16-5-3-2-4-6-16/h2-9,11-13,26H,1H3/b25-11-. The fourth-order valence-electron chi connectivity index (χ4n) is 2.80. The summed E-state index contributed by atoms with van der Waals surface area (Å²) in [6.07, 6.45) is 4.61. The molecule has 0 atom stereocenters. The van der Waals surface area contributed by atoms with Gasteiger partial charge in [-0.05, 0) is 30.3 Å². The van der Waals surface area contributed by atoms with Gasteiger partial charge in [0.15, 0.2) is 6.39 Å². The van der Waals surface area contributed by atoms with Gasteiger partial charge >= 0.3 is 0 Å². The number of anilines is 1. The summed E-state index contributed by atoms with van der Waals surface area (Å²) in [7, 11) is 1.56. The van der Waals surface area contributed by atoms with E-state index < -0.39 is 0 Å². The number of nitrogens with zero attached hydrogens (tertiary/aromatic N) is 5. The number of ether oxygens (including phenoxy) is 1. The summed E-state index contributed by atoms with van der Waals surface area (Å²) < 4.78 is 12.1. The maximum Gasteiger partial charge on any atom is 0.251 e. The van der Waals surface area contributed by atoms with Crippen molar-refractivity contribution in [2.24, 2.45) is 5.10 Å². The van der Waals surface area contributed by atoms with Crippen molar-refractivity contribution in [2.45, 2.75) is 0 Å². The van der Waals surface area contributed by atoms with Crippen LogP contribution in [0.2, 0.25) is 5.02 Å². The van der Waals surface area contributed by atoms with Gasteiger partial charge in [-0.1, -0.05) is 29.8 Å². The van der Waals surface area contributed by atoms with E-state index in [0.29, 0.717) is 16.5 Å². The Kier molecular flexibility index (Phi) is 5.46. The highest BCUT2D eigenvalue weighted by molar-refractivity contribution is 6.32. The fraction of sp³-hybridized carbons (Fsp3) is 0.0476. The number of hydrazone groups is 1. The van der Waals surface area contributed by atoms with Crippen LogP contribution in [0.1, 0.15) is 11.3 Å². The molecular formula is C21H15ClN6O2. The number of halogens is 1. The zero-order chi connectivity index (χ0) is 20.9. The van der Waals surface area contributed by atoms with Gasteiger partial charge in [0.1, 0.15) is 17.5 Å². The average molecular weight is 419 g/mol. The largest absolute Gasteiger partial charge is 0.495 e. The minimum Gasteiger partial charge on any atom is -0.495 e. The van der Waals surface area contributed by atoms with Crippen molar-refractivity contribution in [1.82, 2.24) is 14.8 Å². The number of rotatable bonds is 6. The van der Waals surface area contributed by atoms with Crippen LogP contribution in [-0.4, -0.2) is 28.1 Å². The third kappa shape index (κ3) is 3.87. The maximum atomic E-state index is 9.01. The molecular weight excluding hydrogens is 404 g/mol. The van der Waals surface area contributed by atoms with Crippen molar-refractivity contribution < 1.29 is 9.15 Å². The molecule has 0 spiro atoms. The first kappa shape index (κ1) is 19.2. The Hall–Kier alpha value is -4.09. The van der Waals surface area contributed by atoms with E-state index in [1.165, 1.54) is 6.39 Å². The molecule has 8 nitrogen and oxygen atoms in total. The Labute approximate surface area is 177 Å². The van der Waals surface area contributed by atoms with Crippen LogP contribution in [0.15, 0.2) is 70.6 Å². The summed E-state index contributed by atoms with van der Waals surface area (Å²) in [5, 5.41) is 18.4. The number of para-hydroxylation sites is 1. The van der Waals surface area contributed by atoms with Crippen molar-refractivity contribution in [3.63, 3.8) is 0 Å². The number of methoxy groups -OCH3 is 1. The molecule has 1 N–H and O–H groups in total. The second-order valence-corrected chi connectivity index (χ2v) is 6.48. The van der Waals surface area contributed by atoms with Crippen LogP contribution in [0.4, 0.5) is 5.88 Å². The fourth-order valence-corrected chi connectivity index (χ4v) is 3.06. The predicted octanol–water partition coefficient (Wildman–Crippen LogP) is 4.51. The van der Waals surface area contributed by atoms with Crippen molar-refractivity contribution in [3.05, 3.63) is 77.4 Å². The van der Waals surface area contributed by atoms with E-state index in [1.807, 2.05) is 48.7 Å². The lowest BCUT2D eigenvalue weighted by Crippen LogP contribution is -1.94. The second-order valence-electron chi connectivity index (χ2n) is 6.07. The maximum absolute atomic E-state index is 9.01. The number of aromatic nitrogens is 3. The molecule has 0 aliphatic heterocycles. The van der Waals surface area contributed by atoms with Crippen LogP contribution < -0.4 is 10.2 Å². The van der Waals surface area contributed by atoms with Gasteiger partial charge in [-0.2, -0.15) is 15.5 Å². The quantitative estimate of drug-likeness (QED) is 0.365. The van der Waals surface area contributed by atoms with Gasteiger partial charge in [0.25, 0.3) is 5.88 Å². The van der Waals surface area contributed by atoms with Crippen LogP contribution in [0.25, 0.3) is 16.9 Å². The summed E-state index contributed by atoms with van der Waals surface area (Å²) in [4.78, 5) is 3.79. The molecule has 4 aromatic rings. The number of oxazole rings is 1. The van der Waals surface area contributed by atoms with Gasteiger partial charge in [-0.3, -0.25) is 0 Å². The number of benzene rings is 2. The zero-order valence-electron chi connectivity index (χ0n) is 15.8. The average Bonchev–Trinajstić information content (AvgIpc) is 3.41. The second kappa shape index (κ2) is 8.51. The van der Waals surface area contributed by atoms with E-state index in [-0.39, 0.29) is 11.6 Å². The van der Waals surface area contributed by atoms with Gasteiger partial charge in [0.05, 0.1) is 24.0 Å². The minimum atomic E-state index is 0.120. The number of nitrogens with one attached hydrogen (secondary N) is 1. The molecule has 0 aliphatic carbocycles. The highest BCUT2D eigenvalue weighted by atomic mass is 35.5. The summed E-state index contributed by atoms with van der Waals surface area (Å²) in [5.74, 6) is 0.743. The first-order valence-corrected chi connectivity index (χ1v) is 9.19. The molecule has 0 fully saturated rings. The molecule has 0 aliphatic rings. The van der Waals surface area contributed by atoms with E-state index in [2.05, 4.69) is 15.5 Å². The Balaban J connectivity index is 1.72. The van der Waals surface area contributed by atoms with Crippen LogP contribution in [0, 0.1) is 11.3 Å². The smallest absolute Gasteiger partial charge is 0.251 e. The Morgan fingerprint density at radius 1 is 1.27 bits per heavy atom. The van der Waals surface area contributed by atoms with Crippen molar-refractivity contribution in [2.75, 3.05) is 12.5 Å². The summed E-state index contributed by atoms with van der Waals surface area (Å²) in [6, 6.07) is 17.1. The molecule has 0 unspecified atom stereocenters. The van der Waals surface area contributed by atoms with Crippen LogP contribution in [-0.2, 0) is 0 Å². The molecule has 0 amide bonds. The molecule has 2 heterocycles. The third-order valence-electron chi connectivity index (χ3n) is 4.23. The van der Waals surface area contributed by atoms with E-state index in [9.17, 15) is 0 Å². The number of hydrogen-bond acceptors (Lipinski definition) is 7.